The van der Waals surface area contributed by atoms with Gasteiger partial charge in [0.2, 0.25) is 0 Å². The van der Waals surface area contributed by atoms with Gasteiger partial charge in [-0.1, -0.05) is 101 Å². The third-order valence-corrected chi connectivity index (χ3v) is 5.64. The van der Waals surface area contributed by atoms with Crippen LogP contribution in [0.2, 0.25) is 0 Å². The number of unbranched alkanes of at least 4 members (excludes halogenated alkanes) is 10. The molecule has 1 aromatic carbocycles. The second-order valence-electron chi connectivity index (χ2n) is 8.03. The van der Waals surface area contributed by atoms with Crippen molar-refractivity contribution in [2.24, 2.45) is 5.41 Å². The predicted molar refractivity (Wildman–Crippen MR) is 115 cm³/mol. The zero-order valence-corrected chi connectivity index (χ0v) is 17.8. The summed E-state index contributed by atoms with van der Waals surface area (Å²) in [5, 5.41) is 29.4. The van der Waals surface area contributed by atoms with Crippen LogP contribution < -0.4 is 0 Å². The number of ether oxygens (including phenoxy) is 1. The van der Waals surface area contributed by atoms with Crippen LogP contribution in [-0.4, -0.2) is 41.7 Å². The molecule has 4 heteroatoms. The van der Waals surface area contributed by atoms with Crippen molar-refractivity contribution in [3.8, 4) is 0 Å². The monoisotopic (exact) mass is 394 g/mol. The van der Waals surface area contributed by atoms with Crippen molar-refractivity contribution in [1.82, 2.24) is 0 Å². The molecule has 0 fully saturated rings. The minimum Gasteiger partial charge on any atom is -0.395 e. The number of rotatable bonds is 18. The first-order valence-corrected chi connectivity index (χ1v) is 11.2. The molecule has 0 aromatic heterocycles. The van der Waals surface area contributed by atoms with Crippen molar-refractivity contribution in [1.29, 1.82) is 0 Å². The van der Waals surface area contributed by atoms with E-state index in [2.05, 4.69) is 6.92 Å². The molecule has 0 saturated carbocycles. The minimum atomic E-state index is -1.07. The average Bonchev–Trinajstić information content (AvgIpc) is 2.75. The van der Waals surface area contributed by atoms with Crippen LogP contribution >= 0.6 is 0 Å². The SMILES string of the molecule is CCCCCCCCCCCCCOC(c1ccccc1)C(CO)(CO)CO. The highest BCUT2D eigenvalue weighted by Gasteiger charge is 2.39. The first-order chi connectivity index (χ1) is 13.7. The first kappa shape index (κ1) is 25.1. The summed E-state index contributed by atoms with van der Waals surface area (Å²) in [6.07, 6.45) is 13.5. The molecule has 0 amide bonds. The third kappa shape index (κ3) is 9.04. The molecule has 0 bridgehead atoms. The summed E-state index contributed by atoms with van der Waals surface area (Å²) in [6.45, 7) is 1.86. The quantitative estimate of drug-likeness (QED) is 0.306. The van der Waals surface area contributed by atoms with Crippen molar-refractivity contribution >= 4 is 0 Å². The molecular weight excluding hydrogens is 352 g/mol. The molecule has 0 aliphatic heterocycles. The lowest BCUT2D eigenvalue weighted by Gasteiger charge is -2.36. The van der Waals surface area contributed by atoms with E-state index >= 15 is 0 Å². The summed E-state index contributed by atoms with van der Waals surface area (Å²) in [6, 6.07) is 9.57. The molecular formula is C24H42O4. The van der Waals surface area contributed by atoms with Gasteiger partial charge in [0, 0.05) is 6.61 Å². The van der Waals surface area contributed by atoms with E-state index in [1.54, 1.807) is 0 Å². The van der Waals surface area contributed by atoms with Crippen molar-refractivity contribution in [2.45, 2.75) is 83.7 Å². The number of aliphatic hydroxyl groups is 3. The molecule has 28 heavy (non-hydrogen) atoms. The fourth-order valence-electron chi connectivity index (χ4n) is 3.62. The Morgan fingerprint density at radius 1 is 0.714 bits per heavy atom. The Morgan fingerprint density at radius 3 is 1.64 bits per heavy atom. The molecule has 3 N–H and O–H groups in total. The molecule has 0 heterocycles. The lowest BCUT2D eigenvalue weighted by Crippen LogP contribution is -2.41. The van der Waals surface area contributed by atoms with Crippen molar-refractivity contribution in [2.75, 3.05) is 26.4 Å². The van der Waals surface area contributed by atoms with Gasteiger partial charge in [0.05, 0.1) is 31.3 Å². The molecule has 0 aliphatic carbocycles. The number of benzene rings is 1. The number of aliphatic hydroxyl groups excluding tert-OH is 3. The van der Waals surface area contributed by atoms with Gasteiger partial charge >= 0.3 is 0 Å². The molecule has 1 aromatic rings. The third-order valence-electron chi connectivity index (χ3n) is 5.64. The van der Waals surface area contributed by atoms with Gasteiger partial charge in [-0.05, 0) is 12.0 Å². The molecule has 162 valence electrons. The summed E-state index contributed by atoms with van der Waals surface area (Å²) in [4.78, 5) is 0. The summed E-state index contributed by atoms with van der Waals surface area (Å²) >= 11 is 0. The lowest BCUT2D eigenvalue weighted by atomic mass is 9.80. The van der Waals surface area contributed by atoms with Crippen LogP contribution in [0.15, 0.2) is 30.3 Å². The van der Waals surface area contributed by atoms with Crippen LogP contribution in [0.1, 0.15) is 89.2 Å². The molecule has 1 unspecified atom stereocenters. The summed E-state index contributed by atoms with van der Waals surface area (Å²) < 4.78 is 6.07. The Morgan fingerprint density at radius 2 is 1.18 bits per heavy atom. The predicted octanol–water partition coefficient (Wildman–Crippen LogP) is 5.02. The van der Waals surface area contributed by atoms with E-state index in [0.717, 1.165) is 18.4 Å². The van der Waals surface area contributed by atoms with Crippen molar-refractivity contribution in [3.63, 3.8) is 0 Å². The normalized spacial score (nSPS) is 13.0. The van der Waals surface area contributed by atoms with Crippen LogP contribution in [0.25, 0.3) is 0 Å². The molecule has 1 rings (SSSR count). The smallest absolute Gasteiger partial charge is 0.0947 e. The Hall–Kier alpha value is -0.940. The van der Waals surface area contributed by atoms with E-state index in [0.29, 0.717) is 6.61 Å². The maximum Gasteiger partial charge on any atom is 0.0947 e. The molecule has 0 radical (unpaired) electrons. The Bertz CT molecular complexity index is 451. The largest absolute Gasteiger partial charge is 0.395 e. The van der Waals surface area contributed by atoms with E-state index in [9.17, 15) is 15.3 Å². The fraction of sp³-hybridized carbons (Fsp3) is 0.750. The van der Waals surface area contributed by atoms with E-state index in [1.807, 2.05) is 30.3 Å². The van der Waals surface area contributed by atoms with Gasteiger partial charge < -0.3 is 20.1 Å². The Kier molecular flexibility index (Phi) is 14.3. The summed E-state index contributed by atoms with van der Waals surface area (Å²) in [5.74, 6) is 0. The van der Waals surface area contributed by atoms with E-state index < -0.39 is 11.5 Å². The summed E-state index contributed by atoms with van der Waals surface area (Å²) in [5.41, 5.74) is -0.193. The highest BCUT2D eigenvalue weighted by molar-refractivity contribution is 5.20. The van der Waals surface area contributed by atoms with Gasteiger partial charge in [0.15, 0.2) is 0 Å². The van der Waals surface area contributed by atoms with Gasteiger partial charge in [-0.3, -0.25) is 0 Å². The highest BCUT2D eigenvalue weighted by atomic mass is 16.5. The van der Waals surface area contributed by atoms with Gasteiger partial charge in [-0.2, -0.15) is 0 Å². The Labute approximate surface area is 171 Å². The molecule has 4 nitrogen and oxygen atoms in total. The van der Waals surface area contributed by atoms with E-state index in [-0.39, 0.29) is 19.8 Å². The second-order valence-corrected chi connectivity index (χ2v) is 8.03. The maximum atomic E-state index is 9.80. The van der Waals surface area contributed by atoms with Gasteiger partial charge in [-0.15, -0.1) is 0 Å². The first-order valence-electron chi connectivity index (χ1n) is 11.2. The van der Waals surface area contributed by atoms with Crippen LogP contribution in [0.5, 0.6) is 0 Å². The van der Waals surface area contributed by atoms with Crippen LogP contribution in [0.3, 0.4) is 0 Å². The van der Waals surface area contributed by atoms with Crippen molar-refractivity contribution < 1.29 is 20.1 Å². The van der Waals surface area contributed by atoms with Gasteiger partial charge in [0.25, 0.3) is 0 Å². The standard InChI is InChI=1S/C24H42O4/c1-2-3-4-5-6-7-8-9-10-11-15-18-28-23(22-16-13-12-14-17-22)24(19-25,20-26)21-27/h12-14,16-17,23,25-27H,2-11,15,18-21H2,1H3. The van der Waals surface area contributed by atoms with E-state index in [1.165, 1.54) is 57.8 Å². The summed E-state index contributed by atoms with van der Waals surface area (Å²) in [7, 11) is 0. The zero-order valence-electron chi connectivity index (χ0n) is 17.8. The Balaban J connectivity index is 2.29. The molecule has 0 saturated heterocycles. The van der Waals surface area contributed by atoms with E-state index in [4.69, 9.17) is 4.74 Å². The topological polar surface area (TPSA) is 69.9 Å². The van der Waals surface area contributed by atoms with Crippen LogP contribution in [-0.2, 0) is 4.74 Å². The van der Waals surface area contributed by atoms with Crippen molar-refractivity contribution in [3.05, 3.63) is 35.9 Å². The zero-order chi connectivity index (χ0) is 20.5. The molecule has 0 aliphatic rings. The highest BCUT2D eigenvalue weighted by Crippen LogP contribution is 2.36. The van der Waals surface area contributed by atoms with Gasteiger partial charge in [-0.25, -0.2) is 0 Å². The fourth-order valence-corrected chi connectivity index (χ4v) is 3.62. The lowest BCUT2D eigenvalue weighted by molar-refractivity contribution is -0.117. The van der Waals surface area contributed by atoms with Crippen LogP contribution in [0, 0.1) is 5.41 Å². The number of hydrogen-bond donors (Lipinski definition) is 3. The van der Waals surface area contributed by atoms with Gasteiger partial charge in [0.1, 0.15) is 0 Å². The minimum absolute atomic E-state index is 0.322. The van der Waals surface area contributed by atoms with Crippen LogP contribution in [0.4, 0.5) is 0 Å². The number of hydrogen-bond acceptors (Lipinski definition) is 4. The molecule has 0 spiro atoms. The second kappa shape index (κ2) is 15.9. The molecule has 1 atom stereocenters. The average molecular weight is 395 g/mol. The maximum absolute atomic E-state index is 9.80.